The molecule has 0 amide bonds. The standard InChI is InChI=1S/C30H24N4O6S2/c35-29-32-28(24-15-7-2-8-16-24)33(22-42(39,40)26-19-11-4-12-20-26)30(36)34(29)27(23-13-5-1-6-14-23)31-21-41(37,38)25-17-9-3-10-18-25/h1-20H,21-22H2/b31-27+. The van der Waals surface area contributed by atoms with Crippen molar-refractivity contribution >= 4 is 25.5 Å². The molecule has 5 aromatic rings. The molecule has 0 N–H and O–H groups in total. The summed E-state index contributed by atoms with van der Waals surface area (Å²) in [5.74, 6) is -2.07. The van der Waals surface area contributed by atoms with Crippen molar-refractivity contribution in [3.05, 3.63) is 148 Å². The molecule has 0 aliphatic heterocycles. The fourth-order valence-electron chi connectivity index (χ4n) is 4.20. The molecule has 42 heavy (non-hydrogen) atoms. The van der Waals surface area contributed by atoms with Crippen molar-refractivity contribution in [2.24, 2.45) is 4.99 Å². The van der Waals surface area contributed by atoms with Crippen LogP contribution in [-0.4, -0.2) is 42.7 Å². The Bertz CT molecular complexity index is 2080. The molecule has 0 unspecified atom stereocenters. The van der Waals surface area contributed by atoms with E-state index in [4.69, 9.17) is 0 Å². The summed E-state index contributed by atoms with van der Waals surface area (Å²) in [7, 11) is -8.04. The minimum Gasteiger partial charge on any atom is -0.261 e. The summed E-state index contributed by atoms with van der Waals surface area (Å²) in [6.07, 6.45) is 0. The molecule has 212 valence electrons. The average molecular weight is 601 g/mol. The van der Waals surface area contributed by atoms with Crippen LogP contribution >= 0.6 is 0 Å². The zero-order chi connectivity index (χ0) is 29.7. The third-order valence-corrected chi connectivity index (χ3v) is 9.28. The second kappa shape index (κ2) is 11.9. The first-order valence-electron chi connectivity index (χ1n) is 12.6. The minimum absolute atomic E-state index is 0.0115. The molecular weight excluding hydrogens is 576 g/mol. The van der Waals surface area contributed by atoms with Crippen molar-refractivity contribution in [1.29, 1.82) is 0 Å². The summed E-state index contributed by atoms with van der Waals surface area (Å²) < 4.78 is 54.4. The van der Waals surface area contributed by atoms with Crippen LogP contribution in [0.2, 0.25) is 0 Å². The van der Waals surface area contributed by atoms with E-state index >= 15 is 0 Å². The topological polar surface area (TPSA) is 138 Å². The lowest BCUT2D eigenvalue weighted by Crippen LogP contribution is -2.47. The van der Waals surface area contributed by atoms with E-state index in [1.807, 2.05) is 0 Å². The molecule has 5 rings (SSSR count). The van der Waals surface area contributed by atoms with E-state index in [9.17, 15) is 26.4 Å². The molecule has 0 bridgehead atoms. The van der Waals surface area contributed by atoms with E-state index in [1.54, 1.807) is 97.1 Å². The van der Waals surface area contributed by atoms with Crippen LogP contribution in [0, 0.1) is 0 Å². The van der Waals surface area contributed by atoms with Crippen molar-refractivity contribution in [3.8, 4) is 11.4 Å². The molecule has 0 fully saturated rings. The first-order chi connectivity index (χ1) is 20.2. The Balaban J connectivity index is 1.74. The maximum absolute atomic E-state index is 14.1. The van der Waals surface area contributed by atoms with Gasteiger partial charge in [-0.3, -0.25) is 9.56 Å². The first kappa shape index (κ1) is 28.6. The Hall–Kier alpha value is -4.94. The quantitative estimate of drug-likeness (QED) is 0.197. The molecule has 0 radical (unpaired) electrons. The third-order valence-electron chi connectivity index (χ3n) is 6.23. The van der Waals surface area contributed by atoms with Gasteiger partial charge in [0.1, 0.15) is 17.6 Å². The molecule has 4 aromatic carbocycles. The number of benzene rings is 4. The Morgan fingerprint density at radius 3 is 1.67 bits per heavy atom. The van der Waals surface area contributed by atoms with E-state index in [0.29, 0.717) is 10.1 Å². The van der Waals surface area contributed by atoms with Crippen molar-refractivity contribution in [3.63, 3.8) is 0 Å². The van der Waals surface area contributed by atoms with E-state index < -0.39 is 42.8 Å². The summed E-state index contributed by atoms with van der Waals surface area (Å²) in [6.45, 7) is 0. The van der Waals surface area contributed by atoms with Gasteiger partial charge in [0.05, 0.1) is 9.79 Å². The maximum atomic E-state index is 14.1. The third kappa shape index (κ3) is 6.04. The van der Waals surface area contributed by atoms with E-state index in [-0.39, 0.29) is 27.0 Å². The van der Waals surface area contributed by atoms with Gasteiger partial charge in [-0.1, -0.05) is 97.1 Å². The van der Waals surface area contributed by atoms with Crippen LogP contribution in [0.15, 0.2) is 146 Å². The zero-order valence-corrected chi connectivity index (χ0v) is 23.6. The number of hydrogen-bond acceptors (Lipinski definition) is 8. The summed E-state index contributed by atoms with van der Waals surface area (Å²) in [4.78, 5) is 35.9. The molecule has 0 spiro atoms. The van der Waals surface area contributed by atoms with Crippen molar-refractivity contribution < 1.29 is 16.8 Å². The lowest BCUT2D eigenvalue weighted by atomic mass is 10.2. The van der Waals surface area contributed by atoms with Gasteiger partial charge in [0.15, 0.2) is 25.5 Å². The van der Waals surface area contributed by atoms with Gasteiger partial charge >= 0.3 is 11.4 Å². The summed E-state index contributed by atoms with van der Waals surface area (Å²) in [5.41, 5.74) is -1.50. The number of hydrogen-bond donors (Lipinski definition) is 0. The Labute approximate surface area is 241 Å². The SMILES string of the molecule is O=c1nc(-c2ccccc2)n(CS(=O)(=O)c2ccccc2)c(=O)n1/C(=N/CS(=O)(=O)c1ccccc1)c1ccccc1. The predicted octanol–water partition coefficient (Wildman–Crippen LogP) is 3.23. The van der Waals surface area contributed by atoms with Crippen LogP contribution in [0.3, 0.4) is 0 Å². The molecule has 12 heteroatoms. The smallest absolute Gasteiger partial charge is 0.261 e. The van der Waals surface area contributed by atoms with Gasteiger partial charge in [-0.25, -0.2) is 26.4 Å². The number of sulfone groups is 2. The number of aliphatic imine (C=N–C) groups is 1. The fraction of sp³-hybridized carbons (Fsp3) is 0.0667. The van der Waals surface area contributed by atoms with Gasteiger partial charge < -0.3 is 0 Å². The molecule has 10 nitrogen and oxygen atoms in total. The van der Waals surface area contributed by atoms with E-state index in [1.165, 1.54) is 24.3 Å². The molecule has 1 aromatic heterocycles. The highest BCUT2D eigenvalue weighted by Crippen LogP contribution is 2.18. The molecule has 0 aliphatic carbocycles. The highest BCUT2D eigenvalue weighted by atomic mass is 32.2. The predicted molar refractivity (Wildman–Crippen MR) is 159 cm³/mol. The lowest BCUT2D eigenvalue weighted by molar-refractivity contribution is 0.576. The Kier molecular flexibility index (Phi) is 8.09. The fourth-order valence-corrected chi connectivity index (χ4v) is 6.51. The Morgan fingerprint density at radius 2 is 1.12 bits per heavy atom. The normalized spacial score (nSPS) is 12.2. The van der Waals surface area contributed by atoms with Gasteiger partial charge in [0, 0.05) is 11.1 Å². The van der Waals surface area contributed by atoms with Gasteiger partial charge in [-0.2, -0.15) is 9.55 Å². The Morgan fingerprint density at radius 1 is 0.643 bits per heavy atom. The highest BCUT2D eigenvalue weighted by Gasteiger charge is 2.25. The van der Waals surface area contributed by atoms with Gasteiger partial charge in [0.25, 0.3) is 0 Å². The molecule has 0 atom stereocenters. The maximum Gasteiger partial charge on any atom is 0.359 e. The van der Waals surface area contributed by atoms with Gasteiger partial charge in [0.2, 0.25) is 0 Å². The van der Waals surface area contributed by atoms with Crippen LogP contribution in [0.1, 0.15) is 5.56 Å². The number of aromatic nitrogens is 3. The second-order valence-corrected chi connectivity index (χ2v) is 13.0. The van der Waals surface area contributed by atoms with Crippen LogP contribution in [-0.2, 0) is 25.6 Å². The lowest BCUT2D eigenvalue weighted by Gasteiger charge is -2.16. The van der Waals surface area contributed by atoms with E-state index in [0.717, 1.165) is 4.57 Å². The van der Waals surface area contributed by atoms with Crippen molar-refractivity contribution in [1.82, 2.24) is 14.1 Å². The van der Waals surface area contributed by atoms with Crippen LogP contribution in [0.25, 0.3) is 11.4 Å². The minimum atomic E-state index is -4.09. The highest BCUT2D eigenvalue weighted by molar-refractivity contribution is 7.91. The average Bonchev–Trinajstić information content (AvgIpc) is 3.01. The zero-order valence-electron chi connectivity index (χ0n) is 22.0. The molecule has 1 heterocycles. The van der Waals surface area contributed by atoms with E-state index in [2.05, 4.69) is 9.98 Å². The van der Waals surface area contributed by atoms with Crippen molar-refractivity contribution in [2.45, 2.75) is 15.7 Å². The largest absolute Gasteiger partial charge is 0.359 e. The van der Waals surface area contributed by atoms with Crippen LogP contribution in [0.5, 0.6) is 0 Å². The van der Waals surface area contributed by atoms with Crippen LogP contribution < -0.4 is 11.4 Å². The van der Waals surface area contributed by atoms with Gasteiger partial charge in [-0.05, 0) is 24.3 Å². The van der Waals surface area contributed by atoms with Crippen LogP contribution in [0.4, 0.5) is 0 Å². The first-order valence-corrected chi connectivity index (χ1v) is 15.9. The second-order valence-electron chi connectivity index (χ2n) is 9.09. The monoisotopic (exact) mass is 600 g/mol. The summed E-state index contributed by atoms with van der Waals surface area (Å²) in [5, 5.41) is 0. The molecular formula is C30H24N4O6S2. The molecule has 0 saturated carbocycles. The molecule has 0 aliphatic rings. The van der Waals surface area contributed by atoms with Crippen molar-refractivity contribution in [2.75, 3.05) is 5.88 Å². The summed E-state index contributed by atoms with van der Waals surface area (Å²) in [6, 6.07) is 31.5. The number of rotatable bonds is 8. The number of nitrogens with zero attached hydrogens (tertiary/aromatic N) is 4. The summed E-state index contributed by atoms with van der Waals surface area (Å²) >= 11 is 0. The molecule has 0 saturated heterocycles. The van der Waals surface area contributed by atoms with Gasteiger partial charge in [-0.15, -0.1) is 0 Å².